The van der Waals surface area contributed by atoms with Crippen LogP contribution >= 0.6 is 23.2 Å². The summed E-state index contributed by atoms with van der Waals surface area (Å²) in [5.74, 6) is 0.198. The number of amides is 2. The maximum Gasteiger partial charge on any atom is 0.248 e. The Morgan fingerprint density at radius 3 is 1.61 bits per heavy atom. The van der Waals surface area contributed by atoms with E-state index in [0.717, 1.165) is 31.0 Å². The number of primary amides is 2. The first-order chi connectivity index (χ1) is 34.8. The average Bonchev–Trinajstić information content (AvgIpc) is 4.12. The van der Waals surface area contributed by atoms with Gasteiger partial charge in [-0.25, -0.2) is 19.9 Å². The maximum atomic E-state index is 13.1. The van der Waals surface area contributed by atoms with Gasteiger partial charge in [-0.3, -0.25) is 23.9 Å². The van der Waals surface area contributed by atoms with Crippen molar-refractivity contribution >= 4 is 78.9 Å². The number of methoxy groups -OCH3 is 1. The molecule has 1 saturated heterocycles. The van der Waals surface area contributed by atoms with Crippen LogP contribution in [0, 0.1) is 13.8 Å². The van der Waals surface area contributed by atoms with Crippen LogP contribution in [0.1, 0.15) is 66.2 Å². The summed E-state index contributed by atoms with van der Waals surface area (Å²) in [4.78, 5) is 48.2. The third kappa shape index (κ3) is 9.66. The molecule has 2 atom stereocenters. The van der Waals surface area contributed by atoms with Crippen molar-refractivity contribution in [3.63, 3.8) is 0 Å². The number of morpholine rings is 1. The van der Waals surface area contributed by atoms with E-state index in [1.54, 1.807) is 24.3 Å². The second kappa shape index (κ2) is 21.3. The molecule has 4 N–H and O–H groups in total. The predicted molar refractivity (Wildman–Crippen MR) is 275 cm³/mol. The molecule has 7 heterocycles. The fraction of sp³-hybridized carbons (Fsp3) is 0.440. The lowest BCUT2D eigenvalue weighted by atomic mass is 10.1. The fourth-order valence-corrected chi connectivity index (χ4v) is 10.3. The Bertz CT molecular complexity index is 3340. The third-order valence-electron chi connectivity index (χ3n) is 13.0. The first-order valence-electron chi connectivity index (χ1n) is 24.2. The highest BCUT2D eigenvalue weighted by Crippen LogP contribution is 2.42. The fourth-order valence-electron chi connectivity index (χ4n) is 9.77. The number of fused-ring (bicyclic) bond motifs is 6. The van der Waals surface area contributed by atoms with Gasteiger partial charge in [0.1, 0.15) is 56.7 Å². The lowest BCUT2D eigenvalue weighted by molar-refractivity contribution is -0.0785. The van der Waals surface area contributed by atoms with Crippen LogP contribution in [0.3, 0.4) is 0 Å². The molecule has 2 unspecified atom stereocenters. The van der Waals surface area contributed by atoms with Gasteiger partial charge >= 0.3 is 0 Å². The van der Waals surface area contributed by atoms with Gasteiger partial charge in [0.05, 0.1) is 73.2 Å². The lowest BCUT2D eigenvalue weighted by Gasteiger charge is -2.29. The first-order valence-corrected chi connectivity index (χ1v) is 25.0. The molecule has 2 aromatic carbocycles. The SMILES string of the molecule is CCOC(Cn1c2nc(-c3cc(C)nn3CC)nc(Cl)c2c2cc(C(N)=O)cc(OC)c21)C(Cn1c2nc(-c3cc(C)nn3CC)nc(Cl)c2c2cc(C(N)=O)cc(OCCCN3CCOCC3)c21)OCC. The van der Waals surface area contributed by atoms with E-state index in [1.807, 2.05) is 72.2 Å². The van der Waals surface area contributed by atoms with E-state index in [1.165, 1.54) is 7.11 Å². The number of rotatable bonds is 21. The molecule has 0 radical (unpaired) electrons. The minimum absolute atomic E-state index is 0.146. The topological polar surface area (TPSA) is 233 Å². The van der Waals surface area contributed by atoms with E-state index in [0.29, 0.717) is 131 Å². The highest BCUT2D eigenvalue weighted by molar-refractivity contribution is 6.37. The summed E-state index contributed by atoms with van der Waals surface area (Å²) < 4.78 is 39.4. The Morgan fingerprint density at radius 2 is 1.17 bits per heavy atom. The molecule has 1 aliphatic rings. The van der Waals surface area contributed by atoms with Crippen molar-refractivity contribution in [3.8, 4) is 34.5 Å². The molecule has 0 saturated carbocycles. The van der Waals surface area contributed by atoms with E-state index >= 15 is 0 Å². The van der Waals surface area contributed by atoms with Crippen LogP contribution < -0.4 is 20.9 Å². The van der Waals surface area contributed by atoms with Crippen molar-refractivity contribution in [2.75, 3.05) is 59.8 Å². The summed E-state index contributed by atoms with van der Waals surface area (Å²) in [6, 6.07) is 10.5. The van der Waals surface area contributed by atoms with Crippen LogP contribution in [-0.4, -0.2) is 137 Å². The van der Waals surface area contributed by atoms with Crippen LogP contribution in [-0.2, 0) is 40.4 Å². The van der Waals surface area contributed by atoms with Crippen molar-refractivity contribution in [3.05, 3.63) is 69.2 Å². The van der Waals surface area contributed by atoms with E-state index in [9.17, 15) is 9.59 Å². The largest absolute Gasteiger partial charge is 0.495 e. The number of halogens is 2. The van der Waals surface area contributed by atoms with Gasteiger partial charge in [-0.1, -0.05) is 23.2 Å². The Balaban J connectivity index is 1.24. The molecule has 0 aliphatic carbocycles. The highest BCUT2D eigenvalue weighted by Gasteiger charge is 2.32. The molecule has 1 fully saturated rings. The molecule has 6 aromatic heterocycles. The monoisotopic (exact) mass is 1020 g/mol. The van der Waals surface area contributed by atoms with Gasteiger partial charge < -0.3 is 44.3 Å². The summed E-state index contributed by atoms with van der Waals surface area (Å²) in [6.45, 7) is 17.8. The van der Waals surface area contributed by atoms with Crippen molar-refractivity contribution in [2.45, 2.75) is 86.4 Å². The minimum atomic E-state index is -0.705. The van der Waals surface area contributed by atoms with Gasteiger partial charge in [-0.15, -0.1) is 0 Å². The Kier molecular flexibility index (Phi) is 15.0. The third-order valence-corrected chi connectivity index (χ3v) is 13.5. The summed E-state index contributed by atoms with van der Waals surface area (Å²) in [6.07, 6.45) is -0.699. The molecule has 0 spiro atoms. The van der Waals surface area contributed by atoms with Gasteiger partial charge in [-0.05, 0) is 84.4 Å². The zero-order valence-corrected chi connectivity index (χ0v) is 43.0. The second-order valence-electron chi connectivity index (χ2n) is 17.6. The molecule has 20 nitrogen and oxygen atoms in total. The maximum absolute atomic E-state index is 13.1. The summed E-state index contributed by atoms with van der Waals surface area (Å²) >= 11 is 14.5. The summed E-state index contributed by atoms with van der Waals surface area (Å²) in [7, 11) is 1.52. The molecule has 72 heavy (non-hydrogen) atoms. The van der Waals surface area contributed by atoms with E-state index in [2.05, 4.69) is 15.1 Å². The van der Waals surface area contributed by atoms with Crippen molar-refractivity contribution in [1.29, 1.82) is 0 Å². The van der Waals surface area contributed by atoms with Gasteiger partial charge in [0.2, 0.25) is 11.8 Å². The molecule has 8 aromatic rings. The van der Waals surface area contributed by atoms with Gasteiger partial charge in [0.25, 0.3) is 0 Å². The minimum Gasteiger partial charge on any atom is -0.495 e. The Labute approximate surface area is 425 Å². The first kappa shape index (κ1) is 50.5. The molecule has 1 aliphatic heterocycles. The van der Waals surface area contributed by atoms with E-state index < -0.39 is 24.0 Å². The molecular weight excluding hydrogens is 966 g/mol. The van der Waals surface area contributed by atoms with E-state index in [4.69, 9.17) is 78.3 Å². The van der Waals surface area contributed by atoms with Crippen LogP contribution in [0.15, 0.2) is 36.4 Å². The molecule has 380 valence electrons. The zero-order valence-electron chi connectivity index (χ0n) is 41.5. The molecular formula is C50H59Cl2N13O7. The molecule has 0 bridgehead atoms. The number of nitrogens with zero attached hydrogens (tertiary/aromatic N) is 11. The summed E-state index contributed by atoms with van der Waals surface area (Å²) in [5, 5.41) is 11.8. The van der Waals surface area contributed by atoms with Gasteiger partial charge in [0.15, 0.2) is 11.6 Å². The predicted octanol–water partition coefficient (Wildman–Crippen LogP) is 6.99. The van der Waals surface area contributed by atoms with Crippen molar-refractivity contribution < 1.29 is 33.3 Å². The smallest absolute Gasteiger partial charge is 0.248 e. The molecule has 2 amide bonds. The standard InChI is InChI=1S/C50H59Cl2N13O7/c1-8-64-33(19-27(5)59-64)47-55-43(51)39-31-21-29(45(53)66)23-35(68-7)41(31)62(49(39)57-47)25-37(70-10-3)38(71-11-4)26-63-42-32(40-44(52)56-48(58-50(40)63)34-20-28(6)60-65(34)9-2)22-30(46(54)67)24-36(42)72-16-12-13-61-14-17-69-18-15-61/h19-24,37-38H,8-18,25-26H2,1-7H3,(H2,53,66)(H2,54,67). The van der Waals surface area contributed by atoms with Crippen molar-refractivity contribution in [1.82, 2.24) is 53.5 Å². The zero-order chi connectivity index (χ0) is 51.0. The van der Waals surface area contributed by atoms with Gasteiger partial charge in [-0.2, -0.15) is 10.2 Å². The average molecular weight is 1030 g/mol. The van der Waals surface area contributed by atoms with Gasteiger partial charge in [0, 0.05) is 67.8 Å². The van der Waals surface area contributed by atoms with Crippen molar-refractivity contribution in [2.24, 2.45) is 11.5 Å². The lowest BCUT2D eigenvalue weighted by Crippen LogP contribution is -2.39. The highest BCUT2D eigenvalue weighted by atomic mass is 35.5. The summed E-state index contributed by atoms with van der Waals surface area (Å²) in [5.41, 5.74) is 17.4. The number of benzene rings is 2. The molecule has 9 rings (SSSR count). The van der Waals surface area contributed by atoms with Crippen LogP contribution in [0.4, 0.5) is 0 Å². The van der Waals surface area contributed by atoms with Crippen LogP contribution in [0.2, 0.25) is 10.3 Å². The number of hydrogen-bond acceptors (Lipinski definition) is 14. The Morgan fingerprint density at radius 1 is 0.694 bits per heavy atom. The normalized spacial score (nSPS) is 14.3. The molecule has 22 heteroatoms. The number of nitrogens with two attached hydrogens (primary N) is 2. The number of aromatic nitrogens is 10. The Hall–Kier alpha value is -6.42. The quantitative estimate of drug-likeness (QED) is 0.0546. The number of ether oxygens (including phenoxy) is 5. The van der Waals surface area contributed by atoms with E-state index in [-0.39, 0.29) is 34.5 Å². The number of hydrogen-bond donors (Lipinski definition) is 2. The number of carbonyl (C=O) groups excluding carboxylic acids is 2. The number of aryl methyl sites for hydroxylation is 4. The second-order valence-corrected chi connectivity index (χ2v) is 18.3. The van der Waals surface area contributed by atoms with Crippen LogP contribution in [0.5, 0.6) is 11.5 Å². The number of carbonyl (C=O) groups is 2. The van der Waals surface area contributed by atoms with Crippen LogP contribution in [0.25, 0.3) is 66.9 Å².